The van der Waals surface area contributed by atoms with Crippen LogP contribution in [0.4, 0.5) is 5.69 Å². The summed E-state index contributed by atoms with van der Waals surface area (Å²) in [6.07, 6.45) is 6.44. The van der Waals surface area contributed by atoms with Gasteiger partial charge in [0, 0.05) is 37.2 Å². The van der Waals surface area contributed by atoms with Gasteiger partial charge in [-0.3, -0.25) is 4.98 Å². The quantitative estimate of drug-likeness (QED) is 0.840. The predicted octanol–water partition coefficient (Wildman–Crippen LogP) is 2.36. The van der Waals surface area contributed by atoms with E-state index in [1.807, 2.05) is 0 Å². The molecule has 0 bridgehead atoms. The lowest BCUT2D eigenvalue weighted by Crippen LogP contribution is -2.36. The minimum atomic E-state index is 0.116. The Labute approximate surface area is 143 Å². The average Bonchev–Trinajstić information content (AvgIpc) is 2.63. The lowest BCUT2D eigenvalue weighted by Gasteiger charge is -2.29. The normalized spacial score (nSPS) is 16.3. The maximum Gasteiger partial charge on any atom is 0.149 e. The van der Waals surface area contributed by atoms with Crippen LogP contribution in [0, 0.1) is 0 Å². The van der Waals surface area contributed by atoms with E-state index < -0.39 is 0 Å². The lowest BCUT2D eigenvalue weighted by atomic mass is 10.1. The number of benzene rings is 1. The maximum absolute atomic E-state index is 6.30. The molecule has 0 aliphatic carbocycles. The fourth-order valence-electron chi connectivity index (χ4n) is 3.07. The van der Waals surface area contributed by atoms with Crippen LogP contribution in [0.25, 0.3) is 11.0 Å². The molecule has 6 nitrogen and oxygen atoms in total. The molecule has 1 atom stereocenters. The first kappa shape index (κ1) is 16.9. The Kier molecular flexibility index (Phi) is 5.82. The summed E-state index contributed by atoms with van der Waals surface area (Å²) in [5, 5.41) is 0. The van der Waals surface area contributed by atoms with Crippen LogP contribution in [0.15, 0.2) is 24.5 Å². The number of aromatic nitrogens is 2. The van der Waals surface area contributed by atoms with E-state index in [-0.39, 0.29) is 6.10 Å². The SMILES string of the molecule is CCCC(CCN)Oc1cc(N2CCOCC2)cc2nccnc12. The van der Waals surface area contributed by atoms with E-state index in [1.165, 1.54) is 0 Å². The highest BCUT2D eigenvalue weighted by Crippen LogP contribution is 2.31. The monoisotopic (exact) mass is 330 g/mol. The molecule has 1 aromatic heterocycles. The van der Waals surface area contributed by atoms with Crippen LogP contribution in [0.2, 0.25) is 0 Å². The van der Waals surface area contributed by atoms with Gasteiger partial charge in [-0.2, -0.15) is 0 Å². The highest BCUT2D eigenvalue weighted by Gasteiger charge is 2.17. The largest absolute Gasteiger partial charge is 0.488 e. The van der Waals surface area contributed by atoms with Crippen molar-refractivity contribution in [2.75, 3.05) is 37.7 Å². The zero-order valence-corrected chi connectivity index (χ0v) is 14.3. The van der Waals surface area contributed by atoms with Crippen molar-refractivity contribution in [3.63, 3.8) is 0 Å². The van der Waals surface area contributed by atoms with Crippen molar-refractivity contribution in [3.05, 3.63) is 24.5 Å². The minimum Gasteiger partial charge on any atom is -0.488 e. The zero-order chi connectivity index (χ0) is 16.8. The number of ether oxygens (including phenoxy) is 2. The summed E-state index contributed by atoms with van der Waals surface area (Å²) in [5.41, 5.74) is 8.53. The molecule has 2 N–H and O–H groups in total. The summed E-state index contributed by atoms with van der Waals surface area (Å²) in [6.45, 7) is 6.05. The van der Waals surface area contributed by atoms with Gasteiger partial charge in [0.05, 0.1) is 18.7 Å². The highest BCUT2D eigenvalue weighted by molar-refractivity contribution is 5.85. The van der Waals surface area contributed by atoms with Crippen LogP contribution in [-0.2, 0) is 4.74 Å². The van der Waals surface area contributed by atoms with Gasteiger partial charge in [0.15, 0.2) is 0 Å². The first-order valence-electron chi connectivity index (χ1n) is 8.76. The third kappa shape index (κ3) is 3.94. The molecular formula is C18H26N4O2. The van der Waals surface area contributed by atoms with Crippen molar-refractivity contribution >= 4 is 16.7 Å². The minimum absolute atomic E-state index is 0.116. The molecule has 2 heterocycles. The Morgan fingerprint density at radius 2 is 2.00 bits per heavy atom. The molecule has 1 saturated heterocycles. The van der Waals surface area contributed by atoms with Crippen molar-refractivity contribution in [1.82, 2.24) is 9.97 Å². The number of anilines is 1. The Bertz CT molecular complexity index is 653. The zero-order valence-electron chi connectivity index (χ0n) is 14.3. The second kappa shape index (κ2) is 8.26. The topological polar surface area (TPSA) is 73.5 Å². The number of hydrogen-bond acceptors (Lipinski definition) is 6. The second-order valence-electron chi connectivity index (χ2n) is 6.07. The van der Waals surface area contributed by atoms with Crippen LogP contribution in [0.1, 0.15) is 26.2 Å². The van der Waals surface area contributed by atoms with E-state index in [2.05, 4.69) is 33.9 Å². The summed E-state index contributed by atoms with van der Waals surface area (Å²) in [5.74, 6) is 0.800. The van der Waals surface area contributed by atoms with Crippen molar-refractivity contribution in [3.8, 4) is 5.75 Å². The molecule has 1 aromatic carbocycles. The van der Waals surface area contributed by atoms with Gasteiger partial charge in [0.1, 0.15) is 17.4 Å². The Balaban J connectivity index is 1.94. The molecule has 0 radical (unpaired) electrons. The number of fused-ring (bicyclic) bond motifs is 1. The molecule has 0 spiro atoms. The van der Waals surface area contributed by atoms with Crippen LogP contribution in [0.5, 0.6) is 5.75 Å². The van der Waals surface area contributed by atoms with Gasteiger partial charge in [0.2, 0.25) is 0 Å². The Hall–Kier alpha value is -1.92. The molecule has 3 rings (SSSR count). The summed E-state index contributed by atoms with van der Waals surface area (Å²) in [7, 11) is 0. The lowest BCUT2D eigenvalue weighted by molar-refractivity contribution is 0.122. The van der Waals surface area contributed by atoms with Crippen molar-refractivity contribution < 1.29 is 9.47 Å². The fourth-order valence-corrected chi connectivity index (χ4v) is 3.07. The number of nitrogens with zero attached hydrogens (tertiary/aromatic N) is 3. The summed E-state index contributed by atoms with van der Waals surface area (Å²) < 4.78 is 11.8. The molecule has 1 unspecified atom stereocenters. The predicted molar refractivity (Wildman–Crippen MR) is 95.6 cm³/mol. The first-order chi connectivity index (χ1) is 11.8. The molecule has 2 aromatic rings. The third-order valence-electron chi connectivity index (χ3n) is 4.29. The maximum atomic E-state index is 6.30. The van der Waals surface area contributed by atoms with E-state index >= 15 is 0 Å². The van der Waals surface area contributed by atoms with E-state index in [4.69, 9.17) is 15.2 Å². The van der Waals surface area contributed by atoms with Crippen LogP contribution in [0.3, 0.4) is 0 Å². The average molecular weight is 330 g/mol. The Morgan fingerprint density at radius 1 is 1.21 bits per heavy atom. The van der Waals surface area contributed by atoms with Crippen LogP contribution in [-0.4, -0.2) is 48.9 Å². The molecule has 0 saturated carbocycles. The van der Waals surface area contributed by atoms with Crippen molar-refractivity contribution in [2.24, 2.45) is 5.73 Å². The van der Waals surface area contributed by atoms with E-state index in [0.717, 1.165) is 68.0 Å². The molecule has 0 amide bonds. The first-order valence-corrected chi connectivity index (χ1v) is 8.76. The standard InChI is InChI=1S/C18H26N4O2/c1-2-3-15(4-5-19)24-17-13-14(22-8-10-23-11-9-22)12-16-18(17)21-7-6-20-16/h6-7,12-13,15H,2-5,8-11,19H2,1H3. The van der Waals surface area contributed by atoms with E-state index in [9.17, 15) is 0 Å². The van der Waals surface area contributed by atoms with Crippen molar-refractivity contribution in [2.45, 2.75) is 32.3 Å². The van der Waals surface area contributed by atoms with Gasteiger partial charge in [0.25, 0.3) is 0 Å². The molecule has 6 heteroatoms. The molecule has 1 aliphatic heterocycles. The van der Waals surface area contributed by atoms with Crippen molar-refractivity contribution in [1.29, 1.82) is 0 Å². The fraction of sp³-hybridized carbons (Fsp3) is 0.556. The highest BCUT2D eigenvalue weighted by atomic mass is 16.5. The van der Waals surface area contributed by atoms with Gasteiger partial charge >= 0.3 is 0 Å². The van der Waals surface area contributed by atoms with Gasteiger partial charge in [-0.05, 0) is 25.5 Å². The smallest absolute Gasteiger partial charge is 0.149 e. The number of hydrogen-bond donors (Lipinski definition) is 1. The third-order valence-corrected chi connectivity index (χ3v) is 4.29. The summed E-state index contributed by atoms with van der Waals surface area (Å²) in [4.78, 5) is 11.3. The van der Waals surface area contributed by atoms with Gasteiger partial charge < -0.3 is 20.1 Å². The number of morpholine rings is 1. The van der Waals surface area contributed by atoms with Gasteiger partial charge in [-0.25, -0.2) is 4.98 Å². The number of nitrogens with two attached hydrogens (primary N) is 1. The molecular weight excluding hydrogens is 304 g/mol. The molecule has 130 valence electrons. The summed E-state index contributed by atoms with van der Waals surface area (Å²) >= 11 is 0. The van der Waals surface area contributed by atoms with Gasteiger partial charge in [-0.1, -0.05) is 13.3 Å². The molecule has 24 heavy (non-hydrogen) atoms. The second-order valence-corrected chi connectivity index (χ2v) is 6.07. The Morgan fingerprint density at radius 3 is 2.75 bits per heavy atom. The van der Waals surface area contributed by atoms with Crippen LogP contribution < -0.4 is 15.4 Å². The van der Waals surface area contributed by atoms with E-state index in [0.29, 0.717) is 6.54 Å². The van der Waals surface area contributed by atoms with E-state index in [1.54, 1.807) is 12.4 Å². The number of rotatable bonds is 7. The van der Waals surface area contributed by atoms with Gasteiger partial charge in [-0.15, -0.1) is 0 Å². The summed E-state index contributed by atoms with van der Waals surface area (Å²) in [6, 6.07) is 4.17. The van der Waals surface area contributed by atoms with Crippen LogP contribution >= 0.6 is 0 Å². The molecule has 1 aliphatic rings. The molecule has 1 fully saturated rings.